The highest BCUT2D eigenvalue weighted by molar-refractivity contribution is 7.15. The first kappa shape index (κ1) is 10.6. The van der Waals surface area contributed by atoms with Crippen molar-refractivity contribution in [3.8, 4) is 0 Å². The normalized spacial score (nSPS) is 10.9. The van der Waals surface area contributed by atoms with Gasteiger partial charge in [0.2, 0.25) is 5.95 Å². The van der Waals surface area contributed by atoms with Gasteiger partial charge < -0.3 is 10.3 Å². The lowest BCUT2D eigenvalue weighted by Gasteiger charge is -2.01. The van der Waals surface area contributed by atoms with Crippen molar-refractivity contribution in [2.24, 2.45) is 0 Å². The molecule has 2 N–H and O–H groups in total. The van der Waals surface area contributed by atoms with Crippen molar-refractivity contribution in [3.63, 3.8) is 0 Å². The number of halogens is 1. The maximum atomic E-state index is 6.11. The molecule has 0 saturated heterocycles. The molecule has 0 aliphatic heterocycles. The van der Waals surface area contributed by atoms with E-state index in [4.69, 9.17) is 11.6 Å². The minimum atomic E-state index is 0.717. The Hall–Kier alpha value is -1.52. The zero-order chi connectivity index (χ0) is 11.8. The smallest absolute Gasteiger partial charge is 0.205 e. The molecular formula is C12H10ClN3S. The van der Waals surface area contributed by atoms with Gasteiger partial charge in [-0.25, -0.2) is 4.98 Å². The van der Waals surface area contributed by atoms with Crippen LogP contribution in [0.1, 0.15) is 5.56 Å². The largest absolute Gasteiger partial charge is 0.324 e. The molecule has 0 aliphatic carbocycles. The number of hydrogen-bond donors (Lipinski definition) is 2. The number of aromatic nitrogens is 2. The molecule has 0 unspecified atom stereocenters. The molecule has 3 aromatic rings. The minimum Gasteiger partial charge on any atom is -0.324 e. The van der Waals surface area contributed by atoms with Crippen molar-refractivity contribution < 1.29 is 0 Å². The molecule has 0 bridgehead atoms. The molecule has 0 atom stereocenters. The molecule has 1 aromatic carbocycles. The summed E-state index contributed by atoms with van der Waals surface area (Å²) >= 11 is 7.63. The molecule has 0 spiro atoms. The van der Waals surface area contributed by atoms with Crippen molar-refractivity contribution in [2.45, 2.75) is 6.92 Å². The Morgan fingerprint density at radius 1 is 1.35 bits per heavy atom. The van der Waals surface area contributed by atoms with Crippen LogP contribution in [-0.2, 0) is 0 Å². The van der Waals surface area contributed by atoms with Crippen LogP contribution in [0.15, 0.2) is 29.6 Å². The van der Waals surface area contributed by atoms with E-state index in [0.717, 1.165) is 32.6 Å². The van der Waals surface area contributed by atoms with Crippen LogP contribution >= 0.6 is 22.9 Å². The van der Waals surface area contributed by atoms with E-state index < -0.39 is 0 Å². The summed E-state index contributed by atoms with van der Waals surface area (Å²) < 4.78 is 0.753. The molecule has 0 fully saturated rings. The topological polar surface area (TPSA) is 40.7 Å². The van der Waals surface area contributed by atoms with Gasteiger partial charge in [0.25, 0.3) is 0 Å². The van der Waals surface area contributed by atoms with Gasteiger partial charge in [-0.1, -0.05) is 23.7 Å². The fourth-order valence-corrected chi connectivity index (χ4v) is 2.75. The monoisotopic (exact) mass is 263 g/mol. The van der Waals surface area contributed by atoms with Crippen LogP contribution in [0.25, 0.3) is 11.0 Å². The molecule has 0 aliphatic rings. The summed E-state index contributed by atoms with van der Waals surface area (Å²) in [5, 5.41) is 5.24. The Balaban J connectivity index is 2.00. The number of anilines is 2. The number of aromatic amines is 1. The van der Waals surface area contributed by atoms with Crippen molar-refractivity contribution >= 4 is 45.6 Å². The Kier molecular flexibility index (Phi) is 2.53. The third-order valence-electron chi connectivity index (χ3n) is 2.56. The second kappa shape index (κ2) is 4.05. The van der Waals surface area contributed by atoms with E-state index in [1.54, 1.807) is 0 Å². The number of rotatable bonds is 2. The van der Waals surface area contributed by atoms with E-state index in [1.165, 1.54) is 11.3 Å². The van der Waals surface area contributed by atoms with Crippen LogP contribution in [0.5, 0.6) is 0 Å². The fourth-order valence-electron chi connectivity index (χ4n) is 1.69. The molecule has 2 aromatic heterocycles. The molecule has 86 valence electrons. The zero-order valence-corrected chi connectivity index (χ0v) is 10.7. The first-order chi connectivity index (χ1) is 8.24. The van der Waals surface area contributed by atoms with Gasteiger partial charge in [0.1, 0.15) is 4.34 Å². The summed E-state index contributed by atoms with van der Waals surface area (Å²) in [6, 6.07) is 7.91. The number of fused-ring (bicyclic) bond motifs is 1. The average Bonchev–Trinajstić information content (AvgIpc) is 2.87. The van der Waals surface area contributed by atoms with Crippen molar-refractivity contribution in [2.75, 3.05) is 5.32 Å². The molecule has 0 saturated carbocycles. The van der Waals surface area contributed by atoms with E-state index in [9.17, 15) is 0 Å². The van der Waals surface area contributed by atoms with Crippen LogP contribution in [-0.4, -0.2) is 9.97 Å². The van der Waals surface area contributed by atoms with Gasteiger partial charge in [0, 0.05) is 0 Å². The van der Waals surface area contributed by atoms with Gasteiger partial charge in [0.05, 0.1) is 16.7 Å². The van der Waals surface area contributed by atoms with Gasteiger partial charge >= 0.3 is 0 Å². The molecule has 17 heavy (non-hydrogen) atoms. The zero-order valence-electron chi connectivity index (χ0n) is 9.12. The van der Waals surface area contributed by atoms with Gasteiger partial charge in [0.15, 0.2) is 0 Å². The Bertz CT molecular complexity index is 619. The Labute approximate surface area is 107 Å². The summed E-state index contributed by atoms with van der Waals surface area (Å²) in [6.45, 7) is 2.02. The minimum absolute atomic E-state index is 0.717. The third kappa shape index (κ3) is 1.90. The first-order valence-electron chi connectivity index (χ1n) is 5.19. The van der Waals surface area contributed by atoms with Crippen molar-refractivity contribution in [3.05, 3.63) is 39.5 Å². The highest BCUT2D eigenvalue weighted by Crippen LogP contribution is 2.34. The number of para-hydroxylation sites is 2. The average molecular weight is 264 g/mol. The van der Waals surface area contributed by atoms with Crippen molar-refractivity contribution in [1.29, 1.82) is 0 Å². The number of benzene rings is 1. The van der Waals surface area contributed by atoms with E-state index >= 15 is 0 Å². The van der Waals surface area contributed by atoms with Crippen LogP contribution in [0.3, 0.4) is 0 Å². The summed E-state index contributed by atoms with van der Waals surface area (Å²) in [5.74, 6) is 0.717. The van der Waals surface area contributed by atoms with Gasteiger partial charge in [-0.2, -0.15) is 0 Å². The maximum absolute atomic E-state index is 6.11. The number of nitrogens with zero attached hydrogens (tertiary/aromatic N) is 1. The van der Waals surface area contributed by atoms with Crippen LogP contribution < -0.4 is 5.32 Å². The quantitative estimate of drug-likeness (QED) is 0.722. The second-order valence-corrected chi connectivity index (χ2v) is 5.28. The van der Waals surface area contributed by atoms with Crippen LogP contribution in [0, 0.1) is 6.92 Å². The number of H-pyrrole nitrogens is 1. The van der Waals surface area contributed by atoms with E-state index in [1.807, 2.05) is 36.6 Å². The van der Waals surface area contributed by atoms with E-state index in [2.05, 4.69) is 15.3 Å². The number of hydrogen-bond acceptors (Lipinski definition) is 3. The summed E-state index contributed by atoms with van der Waals surface area (Å²) in [7, 11) is 0. The fraction of sp³-hybridized carbons (Fsp3) is 0.0833. The SMILES string of the molecule is Cc1csc(Cl)c1Nc1nc2ccccc2[nH]1. The third-order valence-corrected chi connectivity index (χ3v) is 3.90. The lowest BCUT2D eigenvalue weighted by Crippen LogP contribution is -1.92. The number of imidazole rings is 1. The standard InChI is InChI=1S/C12H10ClN3S/c1-7-6-17-11(13)10(7)16-12-14-8-4-2-3-5-9(8)15-12/h2-6H,1H3,(H2,14,15,16). The highest BCUT2D eigenvalue weighted by Gasteiger charge is 2.09. The Morgan fingerprint density at radius 3 is 2.88 bits per heavy atom. The summed E-state index contributed by atoms with van der Waals surface area (Å²) in [5.41, 5.74) is 4.01. The van der Waals surface area contributed by atoms with Crippen LogP contribution in [0.2, 0.25) is 4.34 Å². The van der Waals surface area contributed by atoms with Gasteiger partial charge in [-0.05, 0) is 30.0 Å². The van der Waals surface area contributed by atoms with Crippen molar-refractivity contribution in [1.82, 2.24) is 9.97 Å². The maximum Gasteiger partial charge on any atom is 0.205 e. The molecule has 0 amide bonds. The van der Waals surface area contributed by atoms with Gasteiger partial charge in [-0.3, -0.25) is 0 Å². The predicted octanol–water partition coefficient (Wildman–Crippen LogP) is 4.33. The van der Waals surface area contributed by atoms with E-state index in [-0.39, 0.29) is 0 Å². The van der Waals surface area contributed by atoms with Crippen LogP contribution in [0.4, 0.5) is 11.6 Å². The number of aryl methyl sites for hydroxylation is 1. The molecule has 3 rings (SSSR count). The predicted molar refractivity (Wildman–Crippen MR) is 73.4 cm³/mol. The Morgan fingerprint density at radius 2 is 2.18 bits per heavy atom. The highest BCUT2D eigenvalue weighted by atomic mass is 35.5. The summed E-state index contributed by atoms with van der Waals surface area (Å²) in [6.07, 6.45) is 0. The number of nitrogens with one attached hydrogen (secondary N) is 2. The number of thiophene rings is 1. The molecule has 3 nitrogen and oxygen atoms in total. The molecular weight excluding hydrogens is 254 g/mol. The lowest BCUT2D eigenvalue weighted by atomic mass is 10.3. The second-order valence-electron chi connectivity index (χ2n) is 3.79. The summed E-state index contributed by atoms with van der Waals surface area (Å²) in [4.78, 5) is 7.66. The lowest BCUT2D eigenvalue weighted by molar-refractivity contribution is 1.30. The molecule has 2 heterocycles. The first-order valence-corrected chi connectivity index (χ1v) is 6.45. The van der Waals surface area contributed by atoms with E-state index in [0.29, 0.717) is 0 Å². The molecule has 0 radical (unpaired) electrons. The van der Waals surface area contributed by atoms with Gasteiger partial charge in [-0.15, -0.1) is 11.3 Å². The molecule has 5 heteroatoms.